The SMILES string of the molecule is CSc1ccc([C@@H]2C(C(=O)OC(C)C)=C(C)N=c3s/c(=C\c4cccnc4)c(=O)n32)cc1. The second kappa shape index (κ2) is 9.26. The number of carbonyl (C=O) groups excluding carboxylic acids is 1. The number of thioether (sulfide) groups is 1. The van der Waals surface area contributed by atoms with E-state index in [0.717, 1.165) is 16.0 Å². The number of thiazole rings is 1. The molecule has 3 heterocycles. The van der Waals surface area contributed by atoms with Gasteiger partial charge in [0.05, 0.1) is 27.9 Å². The van der Waals surface area contributed by atoms with E-state index in [0.29, 0.717) is 20.6 Å². The summed E-state index contributed by atoms with van der Waals surface area (Å²) in [5.41, 5.74) is 2.41. The number of aromatic nitrogens is 2. The van der Waals surface area contributed by atoms with Gasteiger partial charge >= 0.3 is 5.97 Å². The van der Waals surface area contributed by atoms with E-state index in [2.05, 4.69) is 9.98 Å². The average molecular weight is 466 g/mol. The minimum Gasteiger partial charge on any atom is -0.459 e. The fraction of sp³-hybridized carbons (Fsp3) is 0.250. The lowest BCUT2D eigenvalue weighted by atomic mass is 9.96. The fourth-order valence-electron chi connectivity index (χ4n) is 3.57. The summed E-state index contributed by atoms with van der Waals surface area (Å²) in [6.07, 6.45) is 6.92. The molecule has 8 heteroatoms. The molecule has 4 rings (SSSR count). The van der Waals surface area contributed by atoms with E-state index >= 15 is 0 Å². The first kappa shape index (κ1) is 22.2. The normalized spacial score (nSPS) is 16.2. The number of nitrogens with zero attached hydrogens (tertiary/aromatic N) is 3. The Bertz CT molecular complexity index is 1350. The number of rotatable bonds is 5. The Hall–Kier alpha value is -2.97. The molecule has 0 unspecified atom stereocenters. The largest absolute Gasteiger partial charge is 0.459 e. The molecule has 0 bridgehead atoms. The van der Waals surface area contributed by atoms with Gasteiger partial charge in [0.1, 0.15) is 0 Å². The molecule has 1 aliphatic heterocycles. The maximum absolute atomic E-state index is 13.5. The Morgan fingerprint density at radius 3 is 2.62 bits per heavy atom. The molecule has 2 aromatic heterocycles. The predicted octanol–water partition coefficient (Wildman–Crippen LogP) is 3.30. The Balaban J connectivity index is 1.94. The van der Waals surface area contributed by atoms with Crippen LogP contribution in [0, 0.1) is 0 Å². The monoisotopic (exact) mass is 465 g/mol. The summed E-state index contributed by atoms with van der Waals surface area (Å²) >= 11 is 2.94. The lowest BCUT2D eigenvalue weighted by molar-refractivity contribution is -0.143. The van der Waals surface area contributed by atoms with Crippen molar-refractivity contribution < 1.29 is 9.53 Å². The quantitative estimate of drug-likeness (QED) is 0.427. The van der Waals surface area contributed by atoms with Crippen LogP contribution in [0.25, 0.3) is 6.08 Å². The van der Waals surface area contributed by atoms with Gasteiger partial charge in [0.15, 0.2) is 4.80 Å². The molecule has 0 fully saturated rings. The molecule has 32 heavy (non-hydrogen) atoms. The maximum atomic E-state index is 13.5. The zero-order valence-electron chi connectivity index (χ0n) is 18.2. The van der Waals surface area contributed by atoms with Crippen LogP contribution in [0.3, 0.4) is 0 Å². The third-order valence-corrected chi connectivity index (χ3v) is 6.72. The Morgan fingerprint density at radius 1 is 1.25 bits per heavy atom. The number of ether oxygens (including phenoxy) is 1. The molecule has 3 aromatic rings. The molecule has 0 N–H and O–H groups in total. The standard InChI is InChI=1S/C24H23N3O3S2/c1-14(2)30-23(29)20-15(3)26-24-27(21(20)17-7-9-18(31-4)10-8-17)22(28)19(32-24)12-16-6-5-11-25-13-16/h5-14,21H,1-4H3/b19-12-/t21-/m1/s1. The number of pyridine rings is 1. The van der Waals surface area contributed by atoms with Gasteiger partial charge in [0.25, 0.3) is 5.56 Å². The Morgan fingerprint density at radius 2 is 2.00 bits per heavy atom. The Labute approximate surface area is 194 Å². The number of esters is 1. The molecule has 6 nitrogen and oxygen atoms in total. The van der Waals surface area contributed by atoms with E-state index in [1.807, 2.05) is 42.7 Å². The van der Waals surface area contributed by atoms with Crippen LogP contribution in [0.1, 0.15) is 37.9 Å². The van der Waals surface area contributed by atoms with Crippen LogP contribution < -0.4 is 14.9 Å². The van der Waals surface area contributed by atoms with Gasteiger partial charge in [-0.05, 0) is 62.4 Å². The van der Waals surface area contributed by atoms with Crippen molar-refractivity contribution in [2.24, 2.45) is 4.99 Å². The lowest BCUT2D eigenvalue weighted by Gasteiger charge is -2.25. The van der Waals surface area contributed by atoms with Crippen molar-refractivity contribution in [2.75, 3.05) is 6.26 Å². The van der Waals surface area contributed by atoms with Gasteiger partial charge in [-0.1, -0.05) is 29.5 Å². The molecule has 1 atom stereocenters. The minimum atomic E-state index is -0.607. The molecule has 164 valence electrons. The first-order chi connectivity index (χ1) is 15.4. The van der Waals surface area contributed by atoms with E-state index in [9.17, 15) is 9.59 Å². The third kappa shape index (κ3) is 4.33. The highest BCUT2D eigenvalue weighted by atomic mass is 32.2. The number of allylic oxidation sites excluding steroid dienone is 1. The number of carbonyl (C=O) groups is 1. The zero-order chi connectivity index (χ0) is 22.8. The molecule has 1 aliphatic rings. The maximum Gasteiger partial charge on any atom is 0.338 e. The smallest absolute Gasteiger partial charge is 0.338 e. The summed E-state index contributed by atoms with van der Waals surface area (Å²) in [7, 11) is 0. The van der Waals surface area contributed by atoms with Crippen LogP contribution in [0.4, 0.5) is 0 Å². The zero-order valence-corrected chi connectivity index (χ0v) is 19.9. The van der Waals surface area contributed by atoms with Crippen LogP contribution in [0.15, 0.2) is 74.7 Å². The molecule has 1 aromatic carbocycles. The molecule has 0 saturated carbocycles. The van der Waals surface area contributed by atoms with Crippen LogP contribution in [0.2, 0.25) is 0 Å². The number of benzene rings is 1. The molecule has 0 radical (unpaired) electrons. The van der Waals surface area contributed by atoms with Gasteiger partial charge in [0.2, 0.25) is 0 Å². The van der Waals surface area contributed by atoms with Crippen molar-refractivity contribution in [1.29, 1.82) is 0 Å². The van der Waals surface area contributed by atoms with E-state index in [1.54, 1.807) is 55.6 Å². The van der Waals surface area contributed by atoms with Crippen molar-refractivity contribution in [3.05, 3.63) is 90.9 Å². The second-order valence-corrected chi connectivity index (χ2v) is 9.48. The highest BCUT2D eigenvalue weighted by molar-refractivity contribution is 7.98. The third-order valence-electron chi connectivity index (χ3n) is 5.00. The van der Waals surface area contributed by atoms with E-state index in [-0.39, 0.29) is 11.7 Å². The highest BCUT2D eigenvalue weighted by Crippen LogP contribution is 2.31. The molecule has 0 saturated heterocycles. The molecule has 0 amide bonds. The van der Waals surface area contributed by atoms with Crippen LogP contribution >= 0.6 is 23.1 Å². The number of hydrogen-bond acceptors (Lipinski definition) is 7. The van der Waals surface area contributed by atoms with Crippen molar-refractivity contribution in [3.8, 4) is 0 Å². The van der Waals surface area contributed by atoms with Gasteiger partial charge in [-0.3, -0.25) is 14.3 Å². The number of fused-ring (bicyclic) bond motifs is 1. The van der Waals surface area contributed by atoms with Crippen molar-refractivity contribution in [2.45, 2.75) is 37.8 Å². The van der Waals surface area contributed by atoms with E-state index in [4.69, 9.17) is 4.74 Å². The van der Waals surface area contributed by atoms with Crippen LogP contribution in [-0.2, 0) is 9.53 Å². The van der Waals surface area contributed by atoms with Gasteiger partial charge in [0, 0.05) is 17.3 Å². The summed E-state index contributed by atoms with van der Waals surface area (Å²) in [5, 5.41) is 0. The molecular formula is C24H23N3O3S2. The first-order valence-corrected chi connectivity index (χ1v) is 12.2. The second-order valence-electron chi connectivity index (χ2n) is 7.60. The minimum absolute atomic E-state index is 0.195. The van der Waals surface area contributed by atoms with Gasteiger partial charge in [-0.15, -0.1) is 11.8 Å². The van der Waals surface area contributed by atoms with Crippen LogP contribution in [-0.4, -0.2) is 27.9 Å². The summed E-state index contributed by atoms with van der Waals surface area (Å²) < 4.78 is 7.66. The summed E-state index contributed by atoms with van der Waals surface area (Å²) in [6.45, 7) is 5.40. The average Bonchev–Trinajstić information content (AvgIpc) is 3.07. The van der Waals surface area contributed by atoms with Gasteiger partial charge in [-0.25, -0.2) is 9.79 Å². The summed E-state index contributed by atoms with van der Waals surface area (Å²) in [4.78, 5) is 37.0. The number of hydrogen-bond donors (Lipinski definition) is 0. The molecule has 0 spiro atoms. The molecule has 0 aliphatic carbocycles. The van der Waals surface area contributed by atoms with Crippen molar-refractivity contribution in [3.63, 3.8) is 0 Å². The summed E-state index contributed by atoms with van der Waals surface area (Å²) in [5.74, 6) is -0.457. The van der Waals surface area contributed by atoms with E-state index in [1.165, 1.54) is 11.3 Å². The van der Waals surface area contributed by atoms with Gasteiger partial charge < -0.3 is 4.74 Å². The van der Waals surface area contributed by atoms with Gasteiger partial charge in [-0.2, -0.15) is 0 Å². The topological polar surface area (TPSA) is 73.6 Å². The predicted molar refractivity (Wildman–Crippen MR) is 127 cm³/mol. The fourth-order valence-corrected chi connectivity index (χ4v) is 5.03. The van der Waals surface area contributed by atoms with Crippen LogP contribution in [0.5, 0.6) is 0 Å². The van der Waals surface area contributed by atoms with Crippen molar-refractivity contribution >= 4 is 35.1 Å². The summed E-state index contributed by atoms with van der Waals surface area (Å²) in [6, 6.07) is 11.0. The Kier molecular flexibility index (Phi) is 6.43. The molecular weight excluding hydrogens is 442 g/mol. The highest BCUT2D eigenvalue weighted by Gasteiger charge is 2.33. The van der Waals surface area contributed by atoms with Crippen molar-refractivity contribution in [1.82, 2.24) is 9.55 Å². The van der Waals surface area contributed by atoms with E-state index < -0.39 is 12.0 Å². The lowest BCUT2D eigenvalue weighted by Crippen LogP contribution is -2.40. The first-order valence-electron chi connectivity index (χ1n) is 10.2.